The van der Waals surface area contributed by atoms with Crippen LogP contribution in [0.4, 0.5) is 14.5 Å². The summed E-state index contributed by atoms with van der Waals surface area (Å²) in [7, 11) is 0. The predicted molar refractivity (Wildman–Crippen MR) is 72.8 cm³/mol. The van der Waals surface area contributed by atoms with Gasteiger partial charge in [0.15, 0.2) is 5.82 Å². The molecule has 1 aromatic carbocycles. The average Bonchev–Trinajstić information content (AvgIpc) is 2.47. The molecule has 0 bridgehead atoms. The monoisotopic (exact) mass is 297 g/mol. The van der Waals surface area contributed by atoms with Crippen molar-refractivity contribution >= 4 is 17.6 Å². The number of carboxylic acids is 1. The molecule has 0 aliphatic heterocycles. The SMILES string of the molecule is Cc1ccc(F)c(NC(=O)C2CCC(C(=O)O)CC2)c1F. The summed E-state index contributed by atoms with van der Waals surface area (Å²) < 4.78 is 27.4. The Hall–Kier alpha value is -1.98. The largest absolute Gasteiger partial charge is 0.481 e. The van der Waals surface area contributed by atoms with Gasteiger partial charge < -0.3 is 10.4 Å². The molecule has 1 aromatic rings. The van der Waals surface area contributed by atoms with Gasteiger partial charge in [0.25, 0.3) is 0 Å². The Labute approximate surface area is 121 Å². The van der Waals surface area contributed by atoms with Crippen LogP contribution in [0.1, 0.15) is 31.2 Å². The molecule has 21 heavy (non-hydrogen) atoms. The lowest BCUT2D eigenvalue weighted by molar-refractivity contribution is -0.143. The van der Waals surface area contributed by atoms with Crippen LogP contribution in [0.5, 0.6) is 0 Å². The maximum absolute atomic E-state index is 13.8. The molecule has 1 aliphatic carbocycles. The van der Waals surface area contributed by atoms with Gasteiger partial charge in [-0.1, -0.05) is 6.07 Å². The third-order valence-corrected chi connectivity index (χ3v) is 3.98. The molecular weight excluding hydrogens is 280 g/mol. The number of aliphatic carboxylic acids is 1. The Balaban J connectivity index is 2.03. The minimum absolute atomic E-state index is 0.251. The van der Waals surface area contributed by atoms with Crippen LogP contribution >= 0.6 is 0 Å². The first-order valence-electron chi connectivity index (χ1n) is 6.88. The molecule has 1 aliphatic rings. The zero-order valence-corrected chi connectivity index (χ0v) is 11.7. The molecule has 0 heterocycles. The quantitative estimate of drug-likeness (QED) is 0.901. The molecular formula is C15H17F2NO3. The van der Waals surface area contributed by atoms with Crippen LogP contribution < -0.4 is 5.32 Å². The molecule has 0 aromatic heterocycles. The third-order valence-electron chi connectivity index (χ3n) is 3.98. The minimum atomic E-state index is -0.857. The highest BCUT2D eigenvalue weighted by molar-refractivity contribution is 5.93. The number of benzene rings is 1. The zero-order valence-electron chi connectivity index (χ0n) is 11.7. The molecule has 0 saturated heterocycles. The van der Waals surface area contributed by atoms with E-state index in [1.54, 1.807) is 0 Å². The maximum atomic E-state index is 13.8. The van der Waals surface area contributed by atoms with Crippen LogP contribution in [0.25, 0.3) is 0 Å². The van der Waals surface area contributed by atoms with Crippen molar-refractivity contribution < 1.29 is 23.5 Å². The smallest absolute Gasteiger partial charge is 0.306 e. The van der Waals surface area contributed by atoms with E-state index in [1.807, 2.05) is 0 Å². The number of anilines is 1. The number of carboxylic acid groups (broad SMARTS) is 1. The molecule has 114 valence electrons. The van der Waals surface area contributed by atoms with E-state index in [9.17, 15) is 18.4 Å². The second kappa shape index (κ2) is 6.20. The number of hydrogen-bond acceptors (Lipinski definition) is 2. The summed E-state index contributed by atoms with van der Waals surface area (Å²) in [4.78, 5) is 22.9. The number of carbonyl (C=O) groups excluding carboxylic acids is 1. The zero-order chi connectivity index (χ0) is 15.6. The fourth-order valence-electron chi connectivity index (χ4n) is 2.60. The molecule has 1 saturated carbocycles. The van der Waals surface area contributed by atoms with Crippen molar-refractivity contribution in [2.75, 3.05) is 5.32 Å². The first kappa shape index (κ1) is 15.4. The van der Waals surface area contributed by atoms with Crippen LogP contribution in [0.3, 0.4) is 0 Å². The molecule has 1 fully saturated rings. The van der Waals surface area contributed by atoms with Crippen LogP contribution in [-0.2, 0) is 9.59 Å². The van der Waals surface area contributed by atoms with Gasteiger partial charge in [0.1, 0.15) is 11.5 Å². The van der Waals surface area contributed by atoms with E-state index in [2.05, 4.69) is 5.32 Å². The van der Waals surface area contributed by atoms with Gasteiger partial charge in [-0.3, -0.25) is 9.59 Å². The summed E-state index contributed by atoms with van der Waals surface area (Å²) in [5.41, 5.74) is -0.179. The van der Waals surface area contributed by atoms with Crippen molar-refractivity contribution in [1.82, 2.24) is 0 Å². The van der Waals surface area contributed by atoms with Crippen LogP contribution in [0, 0.1) is 30.4 Å². The normalized spacial score (nSPS) is 21.9. The Morgan fingerprint density at radius 3 is 2.29 bits per heavy atom. The number of carbonyl (C=O) groups is 2. The van der Waals surface area contributed by atoms with Crippen molar-refractivity contribution in [3.63, 3.8) is 0 Å². The second-order valence-electron chi connectivity index (χ2n) is 5.43. The van der Waals surface area contributed by atoms with Crippen molar-refractivity contribution in [2.45, 2.75) is 32.6 Å². The molecule has 0 spiro atoms. The number of rotatable bonds is 3. The summed E-state index contributed by atoms with van der Waals surface area (Å²) in [6.07, 6.45) is 1.65. The van der Waals surface area contributed by atoms with Crippen LogP contribution in [0.2, 0.25) is 0 Å². The summed E-state index contributed by atoms with van der Waals surface area (Å²) in [5, 5.41) is 11.2. The van der Waals surface area contributed by atoms with E-state index in [0.29, 0.717) is 25.7 Å². The van der Waals surface area contributed by atoms with Crippen molar-refractivity contribution in [3.05, 3.63) is 29.3 Å². The Bertz CT molecular complexity index is 566. The number of halogens is 2. The number of aryl methyl sites for hydroxylation is 1. The topological polar surface area (TPSA) is 66.4 Å². The summed E-state index contributed by atoms with van der Waals surface area (Å²) >= 11 is 0. The highest BCUT2D eigenvalue weighted by atomic mass is 19.1. The molecule has 2 rings (SSSR count). The predicted octanol–water partition coefficient (Wildman–Crippen LogP) is 3.10. The Morgan fingerprint density at radius 1 is 1.14 bits per heavy atom. The average molecular weight is 297 g/mol. The fourth-order valence-corrected chi connectivity index (χ4v) is 2.60. The molecule has 6 heteroatoms. The third kappa shape index (κ3) is 3.37. The van der Waals surface area contributed by atoms with Crippen LogP contribution in [0.15, 0.2) is 12.1 Å². The van der Waals surface area contributed by atoms with Crippen molar-refractivity contribution in [2.24, 2.45) is 11.8 Å². The van der Waals surface area contributed by atoms with E-state index >= 15 is 0 Å². The maximum Gasteiger partial charge on any atom is 0.306 e. The number of amides is 1. The van der Waals surface area contributed by atoms with E-state index in [4.69, 9.17) is 5.11 Å². The highest BCUT2D eigenvalue weighted by Crippen LogP contribution is 2.30. The van der Waals surface area contributed by atoms with Gasteiger partial charge in [-0.05, 0) is 44.2 Å². The molecule has 0 radical (unpaired) electrons. The van der Waals surface area contributed by atoms with E-state index < -0.39 is 41.0 Å². The lowest BCUT2D eigenvalue weighted by Crippen LogP contribution is -2.30. The Kier molecular flexibility index (Phi) is 4.55. The summed E-state index contributed by atoms with van der Waals surface area (Å²) in [6, 6.07) is 2.41. The number of nitrogens with one attached hydrogen (secondary N) is 1. The van der Waals surface area contributed by atoms with Gasteiger partial charge in [-0.2, -0.15) is 0 Å². The van der Waals surface area contributed by atoms with Crippen LogP contribution in [-0.4, -0.2) is 17.0 Å². The standard InChI is InChI=1S/C15H17F2NO3/c1-8-2-7-11(16)13(12(8)17)18-14(19)9-3-5-10(6-4-9)15(20)21/h2,7,9-10H,3-6H2,1H3,(H,18,19)(H,20,21). The molecule has 0 unspecified atom stereocenters. The fraction of sp³-hybridized carbons (Fsp3) is 0.467. The summed E-state index contributed by atoms with van der Waals surface area (Å²) in [6.45, 7) is 1.49. The van der Waals surface area contributed by atoms with E-state index in [1.165, 1.54) is 13.0 Å². The number of hydrogen-bond donors (Lipinski definition) is 2. The molecule has 2 N–H and O–H groups in total. The van der Waals surface area contributed by atoms with E-state index in [-0.39, 0.29) is 5.56 Å². The highest BCUT2D eigenvalue weighted by Gasteiger charge is 2.30. The Morgan fingerprint density at radius 2 is 1.71 bits per heavy atom. The van der Waals surface area contributed by atoms with Gasteiger partial charge in [-0.15, -0.1) is 0 Å². The molecule has 0 atom stereocenters. The lowest BCUT2D eigenvalue weighted by Gasteiger charge is -2.25. The minimum Gasteiger partial charge on any atom is -0.481 e. The lowest BCUT2D eigenvalue weighted by atomic mass is 9.81. The summed E-state index contributed by atoms with van der Waals surface area (Å²) in [5.74, 6) is -3.73. The first-order valence-corrected chi connectivity index (χ1v) is 6.88. The van der Waals surface area contributed by atoms with Gasteiger partial charge in [0, 0.05) is 5.92 Å². The van der Waals surface area contributed by atoms with Gasteiger partial charge in [0.2, 0.25) is 5.91 Å². The van der Waals surface area contributed by atoms with Crippen molar-refractivity contribution in [3.8, 4) is 0 Å². The van der Waals surface area contributed by atoms with Gasteiger partial charge in [0.05, 0.1) is 5.92 Å². The van der Waals surface area contributed by atoms with E-state index in [0.717, 1.165) is 6.07 Å². The second-order valence-corrected chi connectivity index (χ2v) is 5.43. The van der Waals surface area contributed by atoms with Gasteiger partial charge >= 0.3 is 5.97 Å². The molecule has 1 amide bonds. The molecule has 4 nitrogen and oxygen atoms in total. The first-order chi connectivity index (χ1) is 9.90. The van der Waals surface area contributed by atoms with Crippen molar-refractivity contribution in [1.29, 1.82) is 0 Å². The van der Waals surface area contributed by atoms with Gasteiger partial charge in [-0.25, -0.2) is 8.78 Å².